The average Bonchev–Trinajstić information content (AvgIpc) is 2.45. The summed E-state index contributed by atoms with van der Waals surface area (Å²) in [6.07, 6.45) is -4.50. The van der Waals surface area contributed by atoms with E-state index in [9.17, 15) is 23.2 Å². The SMILES string of the molecule is OB(O)c1ccccc1COc1cc(C(F)(F)F)ccc1Cl. The van der Waals surface area contributed by atoms with E-state index in [1.807, 2.05) is 0 Å². The molecule has 2 rings (SSSR count). The standard InChI is InChI=1S/C14H11BClF3O3/c16-12-6-5-10(14(17,18)19)7-13(12)22-8-9-3-1-2-4-11(9)15(20)21/h1-7,20-21H,8H2. The van der Waals surface area contributed by atoms with Crippen molar-refractivity contribution in [2.75, 3.05) is 0 Å². The monoisotopic (exact) mass is 330 g/mol. The summed E-state index contributed by atoms with van der Waals surface area (Å²) < 4.78 is 43.3. The summed E-state index contributed by atoms with van der Waals surface area (Å²) in [6, 6.07) is 9.09. The molecule has 0 atom stereocenters. The number of halogens is 4. The predicted molar refractivity (Wildman–Crippen MR) is 77.1 cm³/mol. The van der Waals surface area contributed by atoms with Crippen molar-refractivity contribution in [2.24, 2.45) is 0 Å². The van der Waals surface area contributed by atoms with Gasteiger partial charge >= 0.3 is 13.3 Å². The van der Waals surface area contributed by atoms with Gasteiger partial charge in [-0.3, -0.25) is 0 Å². The number of hydrogen-bond acceptors (Lipinski definition) is 3. The van der Waals surface area contributed by atoms with Crippen LogP contribution in [0.1, 0.15) is 11.1 Å². The third-order valence-corrected chi connectivity index (χ3v) is 3.29. The average molecular weight is 330 g/mol. The van der Waals surface area contributed by atoms with Crippen LogP contribution in [0.15, 0.2) is 42.5 Å². The van der Waals surface area contributed by atoms with Gasteiger partial charge in [0.2, 0.25) is 0 Å². The van der Waals surface area contributed by atoms with E-state index in [1.165, 1.54) is 6.07 Å². The van der Waals surface area contributed by atoms with Crippen LogP contribution in [0.25, 0.3) is 0 Å². The Balaban J connectivity index is 2.22. The summed E-state index contributed by atoms with van der Waals surface area (Å²) in [5.41, 5.74) is -0.223. The van der Waals surface area contributed by atoms with Gasteiger partial charge in [-0.15, -0.1) is 0 Å². The molecule has 0 unspecified atom stereocenters. The van der Waals surface area contributed by atoms with Crippen LogP contribution < -0.4 is 10.2 Å². The maximum atomic E-state index is 12.7. The van der Waals surface area contributed by atoms with Crippen molar-refractivity contribution in [1.82, 2.24) is 0 Å². The second-order valence-corrected chi connectivity index (χ2v) is 4.91. The summed E-state index contributed by atoms with van der Waals surface area (Å²) in [4.78, 5) is 0. The highest BCUT2D eigenvalue weighted by molar-refractivity contribution is 6.59. The Bertz CT molecular complexity index is 662. The second kappa shape index (κ2) is 6.60. The van der Waals surface area contributed by atoms with Crippen molar-refractivity contribution in [3.8, 4) is 5.75 Å². The molecular weight excluding hydrogens is 319 g/mol. The summed E-state index contributed by atoms with van der Waals surface area (Å²) in [7, 11) is -1.70. The first-order valence-electron chi connectivity index (χ1n) is 6.22. The molecule has 22 heavy (non-hydrogen) atoms. The molecule has 2 aromatic carbocycles. The molecule has 116 valence electrons. The van der Waals surface area contributed by atoms with Gasteiger partial charge in [0.25, 0.3) is 0 Å². The van der Waals surface area contributed by atoms with Crippen LogP contribution in [0.3, 0.4) is 0 Å². The minimum absolute atomic E-state index is 0.0371. The highest BCUT2D eigenvalue weighted by Gasteiger charge is 2.31. The van der Waals surface area contributed by atoms with Crippen LogP contribution in [0.5, 0.6) is 5.75 Å². The first-order valence-corrected chi connectivity index (χ1v) is 6.60. The highest BCUT2D eigenvalue weighted by Crippen LogP contribution is 2.35. The molecule has 0 saturated heterocycles. The predicted octanol–water partition coefficient (Wildman–Crippen LogP) is 2.62. The molecule has 2 aromatic rings. The van der Waals surface area contributed by atoms with Crippen molar-refractivity contribution in [1.29, 1.82) is 0 Å². The normalized spacial score (nSPS) is 11.4. The van der Waals surface area contributed by atoms with E-state index in [4.69, 9.17) is 16.3 Å². The van der Waals surface area contributed by atoms with Crippen LogP contribution in [-0.4, -0.2) is 17.2 Å². The Morgan fingerprint density at radius 2 is 1.77 bits per heavy atom. The number of benzene rings is 2. The van der Waals surface area contributed by atoms with Crippen LogP contribution >= 0.6 is 11.6 Å². The zero-order valence-electron chi connectivity index (χ0n) is 11.1. The first kappa shape index (κ1) is 16.7. The molecule has 0 bridgehead atoms. The van der Waals surface area contributed by atoms with E-state index in [-0.39, 0.29) is 22.8 Å². The third-order valence-electron chi connectivity index (χ3n) is 2.97. The molecule has 0 saturated carbocycles. The number of hydrogen-bond donors (Lipinski definition) is 2. The van der Waals surface area contributed by atoms with Crippen molar-refractivity contribution < 1.29 is 28.0 Å². The molecule has 0 fully saturated rings. The smallest absolute Gasteiger partial charge is 0.487 e. The fourth-order valence-corrected chi connectivity index (χ4v) is 2.04. The van der Waals surface area contributed by atoms with Crippen LogP contribution in [0, 0.1) is 0 Å². The first-order chi connectivity index (χ1) is 10.3. The van der Waals surface area contributed by atoms with Crippen molar-refractivity contribution in [3.63, 3.8) is 0 Å². The molecule has 0 aliphatic heterocycles. The quantitative estimate of drug-likeness (QED) is 0.847. The summed E-state index contributed by atoms with van der Waals surface area (Å²) in [5.74, 6) is -0.126. The zero-order valence-corrected chi connectivity index (χ0v) is 11.9. The minimum Gasteiger partial charge on any atom is -0.487 e. The lowest BCUT2D eigenvalue weighted by atomic mass is 9.77. The second-order valence-electron chi connectivity index (χ2n) is 4.50. The Morgan fingerprint density at radius 1 is 1.09 bits per heavy atom. The van der Waals surface area contributed by atoms with E-state index in [0.29, 0.717) is 5.56 Å². The highest BCUT2D eigenvalue weighted by atomic mass is 35.5. The fourth-order valence-electron chi connectivity index (χ4n) is 1.86. The van der Waals surface area contributed by atoms with Gasteiger partial charge in [-0.2, -0.15) is 13.2 Å². The molecule has 8 heteroatoms. The van der Waals surface area contributed by atoms with Gasteiger partial charge in [-0.1, -0.05) is 35.9 Å². The molecule has 0 spiro atoms. The van der Waals surface area contributed by atoms with Gasteiger partial charge in [0, 0.05) is 0 Å². The van der Waals surface area contributed by atoms with Crippen molar-refractivity contribution in [2.45, 2.75) is 12.8 Å². The Morgan fingerprint density at radius 3 is 2.41 bits per heavy atom. The minimum atomic E-state index is -4.50. The lowest BCUT2D eigenvalue weighted by Crippen LogP contribution is -2.33. The van der Waals surface area contributed by atoms with Crippen LogP contribution in [0.4, 0.5) is 13.2 Å². The van der Waals surface area contributed by atoms with Gasteiger partial charge in [0.05, 0.1) is 10.6 Å². The molecular formula is C14H11BClF3O3. The molecule has 0 aliphatic carbocycles. The summed E-state index contributed by atoms with van der Waals surface area (Å²) in [5, 5.41) is 18.5. The fraction of sp³-hybridized carbons (Fsp3) is 0.143. The Hall–Kier alpha value is -1.70. The van der Waals surface area contributed by atoms with Crippen molar-refractivity contribution >= 4 is 24.2 Å². The maximum Gasteiger partial charge on any atom is 0.488 e. The van der Waals surface area contributed by atoms with Gasteiger partial charge in [0.15, 0.2) is 0 Å². The van der Waals surface area contributed by atoms with Crippen LogP contribution in [-0.2, 0) is 12.8 Å². The molecule has 0 aromatic heterocycles. The number of rotatable bonds is 4. The largest absolute Gasteiger partial charge is 0.488 e. The molecule has 0 amide bonds. The van der Waals surface area contributed by atoms with E-state index < -0.39 is 18.9 Å². The molecule has 0 aliphatic rings. The van der Waals surface area contributed by atoms with Gasteiger partial charge < -0.3 is 14.8 Å². The lowest BCUT2D eigenvalue weighted by Gasteiger charge is -2.13. The molecule has 3 nitrogen and oxygen atoms in total. The summed E-state index contributed by atoms with van der Waals surface area (Å²) >= 11 is 5.82. The molecule has 0 radical (unpaired) electrons. The van der Waals surface area contributed by atoms with Crippen molar-refractivity contribution in [3.05, 3.63) is 58.6 Å². The van der Waals surface area contributed by atoms with E-state index in [2.05, 4.69) is 0 Å². The molecule has 0 heterocycles. The number of ether oxygens (including phenoxy) is 1. The third kappa shape index (κ3) is 3.94. The van der Waals surface area contributed by atoms with E-state index >= 15 is 0 Å². The molecule has 2 N–H and O–H groups in total. The van der Waals surface area contributed by atoms with Crippen LogP contribution in [0.2, 0.25) is 5.02 Å². The van der Waals surface area contributed by atoms with Gasteiger partial charge in [-0.25, -0.2) is 0 Å². The summed E-state index contributed by atoms with van der Waals surface area (Å²) in [6.45, 7) is -0.144. The zero-order chi connectivity index (χ0) is 16.3. The van der Waals surface area contributed by atoms with E-state index in [0.717, 1.165) is 18.2 Å². The van der Waals surface area contributed by atoms with Gasteiger partial charge in [0.1, 0.15) is 12.4 Å². The Labute approximate surface area is 130 Å². The lowest BCUT2D eigenvalue weighted by molar-refractivity contribution is -0.137. The maximum absolute atomic E-state index is 12.7. The Kier molecular flexibility index (Phi) is 5.00. The topological polar surface area (TPSA) is 49.7 Å². The van der Waals surface area contributed by atoms with Gasteiger partial charge in [-0.05, 0) is 29.2 Å². The van der Waals surface area contributed by atoms with E-state index in [1.54, 1.807) is 18.2 Å². The number of alkyl halides is 3.